The Kier molecular flexibility index (Phi) is 48.4. The number of amides is 2. The molecule has 0 aromatic rings. The Morgan fingerprint density at radius 3 is 1.42 bits per heavy atom. The van der Waals surface area contributed by atoms with Gasteiger partial charge in [0.15, 0.2) is 12.4 Å². The number of carbonyl (C=O) groups is 4. The van der Waals surface area contributed by atoms with Gasteiger partial charge in [0, 0.05) is 46.9 Å². The van der Waals surface area contributed by atoms with Crippen LogP contribution in [0.15, 0.2) is 12.2 Å². The fourth-order valence-corrected chi connectivity index (χ4v) is 12.0. The molecule has 0 aliphatic carbocycles. The maximum atomic E-state index is 13.5. The van der Waals surface area contributed by atoms with Gasteiger partial charge in [-0.3, -0.25) is 18.9 Å². The maximum Gasteiger partial charge on any atom is 0.470 e. The molecule has 0 aromatic heterocycles. The molecule has 20 heteroatoms. The van der Waals surface area contributed by atoms with Crippen LogP contribution in [0.1, 0.15) is 278 Å². The first kappa shape index (κ1) is 79.7. The lowest BCUT2D eigenvalue weighted by Gasteiger charge is -2.47. The van der Waals surface area contributed by atoms with Crippen molar-refractivity contribution in [2.45, 2.75) is 339 Å². The summed E-state index contributed by atoms with van der Waals surface area (Å²) in [7, 11) is -3.81. The first-order valence-electron chi connectivity index (χ1n) is 34.3. The second kappa shape index (κ2) is 52.3. The van der Waals surface area contributed by atoms with Gasteiger partial charge < -0.3 is 63.8 Å². The third kappa shape index (κ3) is 39.0. The molecule has 2 amide bonds. The van der Waals surface area contributed by atoms with E-state index in [9.17, 15) is 43.7 Å². The van der Waals surface area contributed by atoms with E-state index in [1.807, 2.05) is 0 Å². The predicted octanol–water partition coefficient (Wildman–Crippen LogP) is 13.2. The second-order valence-corrected chi connectivity index (χ2v) is 25.4. The van der Waals surface area contributed by atoms with Crippen LogP contribution in [-0.2, 0) is 61.4 Å². The van der Waals surface area contributed by atoms with Crippen molar-refractivity contribution in [1.82, 2.24) is 10.6 Å². The summed E-state index contributed by atoms with van der Waals surface area (Å²) in [6.45, 7) is 9.02. The number of carbonyl (C=O) groups excluding carboxylic acids is 3. The number of rotatable bonds is 58. The van der Waals surface area contributed by atoms with E-state index in [2.05, 4.69) is 43.6 Å². The van der Waals surface area contributed by atoms with Gasteiger partial charge in [-0.2, -0.15) is 0 Å². The number of aliphatic hydroxyl groups excluding tert-OH is 1. The summed E-state index contributed by atoms with van der Waals surface area (Å²) in [6, 6.07) is -2.62. The number of phosphoric ester groups is 1. The number of allylic oxidation sites excluding steroid dienone is 2. The molecule has 504 valence electrons. The maximum absolute atomic E-state index is 13.5. The fourth-order valence-electron chi connectivity index (χ4n) is 11.4. The monoisotopic (exact) mass is 1250 g/mol. The minimum Gasteiger partial charge on any atom is -0.479 e. The van der Waals surface area contributed by atoms with E-state index < -0.39 is 99.7 Å². The highest BCUT2D eigenvalue weighted by Crippen LogP contribution is 2.42. The minimum atomic E-state index is -5.18. The van der Waals surface area contributed by atoms with E-state index in [1.165, 1.54) is 130 Å². The Morgan fingerprint density at radius 1 is 0.512 bits per heavy atom. The largest absolute Gasteiger partial charge is 0.479 e. The van der Waals surface area contributed by atoms with Gasteiger partial charge in [-0.25, -0.2) is 9.36 Å². The Bertz CT molecular complexity index is 1770. The highest BCUT2D eigenvalue weighted by atomic mass is 31.2. The second-order valence-electron chi connectivity index (χ2n) is 24.2. The number of nitrogens with one attached hydrogen (secondary N) is 2. The molecule has 2 aliphatic heterocycles. The van der Waals surface area contributed by atoms with Crippen molar-refractivity contribution < 1.29 is 81.4 Å². The quantitative estimate of drug-likeness (QED) is 0.0143. The molecule has 0 saturated carbocycles. The lowest BCUT2D eigenvalue weighted by atomic mass is 9.91. The van der Waals surface area contributed by atoms with Crippen LogP contribution in [0, 0.1) is 0 Å². The molecule has 2 fully saturated rings. The van der Waals surface area contributed by atoms with E-state index in [-0.39, 0.29) is 32.0 Å². The lowest BCUT2D eigenvalue weighted by Crippen LogP contribution is -2.68. The van der Waals surface area contributed by atoms with Crippen LogP contribution in [0.5, 0.6) is 0 Å². The van der Waals surface area contributed by atoms with Crippen molar-refractivity contribution in [3.05, 3.63) is 12.2 Å². The molecule has 19 nitrogen and oxygen atoms in total. The number of hydrogen-bond acceptors (Lipinski definition) is 14. The number of hydrogen-bond donors (Lipinski definition) is 6. The summed E-state index contributed by atoms with van der Waals surface area (Å²) in [6.07, 6.45) is 33.7. The molecule has 0 aromatic carbocycles. The van der Waals surface area contributed by atoms with Gasteiger partial charge in [0.25, 0.3) is 0 Å². The Balaban J connectivity index is 2.06. The van der Waals surface area contributed by atoms with Crippen molar-refractivity contribution in [2.24, 2.45) is 0 Å². The molecular weight excluding hydrogens is 1120 g/mol. The smallest absolute Gasteiger partial charge is 0.470 e. The molecule has 0 unspecified atom stereocenters. The Labute approximate surface area is 519 Å². The van der Waals surface area contributed by atoms with Crippen LogP contribution < -0.4 is 10.6 Å². The predicted molar refractivity (Wildman–Crippen MR) is 337 cm³/mol. The third-order valence-electron chi connectivity index (χ3n) is 16.3. The first-order valence-corrected chi connectivity index (χ1v) is 35.8. The van der Waals surface area contributed by atoms with Crippen molar-refractivity contribution in [2.75, 3.05) is 46.8 Å². The van der Waals surface area contributed by atoms with Gasteiger partial charge in [-0.05, 0) is 57.8 Å². The highest BCUT2D eigenvalue weighted by Gasteiger charge is 2.53. The average molecular weight is 1250 g/mol. The number of aliphatic hydroxyl groups is 1. The van der Waals surface area contributed by atoms with Crippen molar-refractivity contribution in [3.63, 3.8) is 0 Å². The number of methoxy groups -OCH3 is 1. The number of carboxylic acids is 1. The number of ether oxygens (including phenoxy) is 7. The van der Waals surface area contributed by atoms with Crippen LogP contribution in [0.3, 0.4) is 0 Å². The van der Waals surface area contributed by atoms with Crippen LogP contribution in [-0.4, -0.2) is 151 Å². The zero-order valence-electron chi connectivity index (χ0n) is 54.3. The van der Waals surface area contributed by atoms with E-state index >= 15 is 0 Å². The lowest BCUT2D eigenvalue weighted by molar-refractivity contribution is -0.290. The molecule has 6 N–H and O–H groups in total. The normalized spacial score (nSPS) is 22.6. The molecule has 2 saturated heterocycles. The van der Waals surface area contributed by atoms with E-state index in [0.29, 0.717) is 19.3 Å². The van der Waals surface area contributed by atoms with E-state index in [1.54, 1.807) is 0 Å². The summed E-state index contributed by atoms with van der Waals surface area (Å²) in [5.41, 5.74) is 0. The van der Waals surface area contributed by atoms with Crippen molar-refractivity contribution in [1.29, 1.82) is 0 Å². The molecule has 2 heterocycles. The van der Waals surface area contributed by atoms with Gasteiger partial charge in [-0.15, -0.1) is 0 Å². The molecule has 0 radical (unpaired) electrons. The van der Waals surface area contributed by atoms with Crippen LogP contribution >= 0.6 is 7.82 Å². The molecule has 0 bridgehead atoms. The third-order valence-corrected chi connectivity index (χ3v) is 16.9. The standard InChI is InChI=1S/C66H123N2O17P/c1-6-9-12-15-18-21-23-24-26-31-36-41-46-79-47-42-37-32-28-29-34-39-44-49-81-63-59(67-53(4)69)66(84-56(51-78-5)61(63)85-86(75,76)77)82-52-55-60(72)62(80-48-43-38-33-27-22-19-16-13-10-7-2)58(64(83-55)65(73)74)68-57(71)50-54(70)45-40-35-30-25-20-17-14-11-8-3/h21,23,55-56,58-64,66,72H,6-20,22,24-52H2,1-5H3,(H,67,69)(H,68,71)(H,73,74)(H2,75,76,77)/b23-21-/t55-,56-,58-,59-,60-,61-,62-,63-,64+,66-/m1/s1. The highest BCUT2D eigenvalue weighted by molar-refractivity contribution is 7.46. The van der Waals surface area contributed by atoms with E-state index in [4.69, 9.17) is 37.7 Å². The SMILES string of the molecule is CCCCCC/C=C\CCCCCCOCCCCCCCCCCO[C@@H]1[C@@H](NC(C)=O)[C@H](OC[C@H]2O[C@H](C(=O)O)[C@H](NC(=O)CC(=O)CCCCCCCCCCC)[C@@H](OCCCCCCCCCCCC)[C@@H]2O)O[C@H](COC)[C@H]1OP(=O)(O)O. The van der Waals surface area contributed by atoms with Gasteiger partial charge in [0.2, 0.25) is 11.8 Å². The summed E-state index contributed by atoms with van der Waals surface area (Å²) >= 11 is 0. The Morgan fingerprint density at radius 2 is 0.953 bits per heavy atom. The molecule has 2 aliphatic rings. The van der Waals surface area contributed by atoms with Crippen LogP contribution in [0.2, 0.25) is 0 Å². The molecule has 0 spiro atoms. The Hall–Kier alpha value is -2.39. The minimum absolute atomic E-state index is 0.141. The molecule has 2 rings (SSSR count). The summed E-state index contributed by atoms with van der Waals surface area (Å²) in [4.78, 5) is 72.6. The summed E-state index contributed by atoms with van der Waals surface area (Å²) in [5, 5.41) is 28.1. The van der Waals surface area contributed by atoms with Gasteiger partial charge in [-0.1, -0.05) is 213 Å². The van der Waals surface area contributed by atoms with Gasteiger partial charge in [0.1, 0.15) is 48.4 Å². The first-order chi connectivity index (χ1) is 41.7. The van der Waals surface area contributed by atoms with Gasteiger partial charge in [0.05, 0.1) is 25.7 Å². The summed E-state index contributed by atoms with van der Waals surface area (Å²) in [5.74, 6) is -2.97. The number of ketones is 1. The zero-order valence-corrected chi connectivity index (χ0v) is 55.2. The van der Waals surface area contributed by atoms with E-state index in [0.717, 1.165) is 116 Å². The number of carboxylic acid groups (broad SMARTS) is 1. The molecule has 86 heavy (non-hydrogen) atoms. The van der Waals surface area contributed by atoms with Crippen molar-refractivity contribution >= 4 is 31.4 Å². The van der Waals surface area contributed by atoms with Crippen molar-refractivity contribution in [3.8, 4) is 0 Å². The number of unbranched alkanes of at least 4 members (excludes halogenated alkanes) is 32. The van der Waals surface area contributed by atoms with Crippen LogP contribution in [0.25, 0.3) is 0 Å². The fraction of sp³-hybridized carbons (Fsp3) is 0.909. The zero-order chi connectivity index (χ0) is 62.9. The molecular formula is C66H123N2O17P. The average Bonchev–Trinajstić information content (AvgIpc) is 1.27. The topological polar surface area (TPSA) is 264 Å². The number of aliphatic carboxylic acids is 1. The number of phosphoric acid groups is 1. The molecule has 10 atom stereocenters. The van der Waals surface area contributed by atoms with Gasteiger partial charge >= 0.3 is 13.8 Å². The number of Topliss-reactive ketones (excluding diaryl/α,β-unsaturated/α-hetero) is 1. The summed E-state index contributed by atoms with van der Waals surface area (Å²) < 4.78 is 60.3. The van der Waals surface area contributed by atoms with Crippen LogP contribution in [0.4, 0.5) is 0 Å².